The normalized spacial score (nSPS) is 24.6. The highest BCUT2D eigenvalue weighted by Gasteiger charge is 2.25. The number of rotatable bonds is 5. The van der Waals surface area contributed by atoms with Crippen LogP contribution < -0.4 is 5.32 Å². The average Bonchev–Trinajstić information content (AvgIpc) is 2.44. The van der Waals surface area contributed by atoms with Crippen LogP contribution in [-0.2, 0) is 6.42 Å². The number of piperidine rings is 1. The predicted octanol–water partition coefficient (Wildman–Crippen LogP) is 2.79. The van der Waals surface area contributed by atoms with E-state index in [-0.39, 0.29) is 0 Å². The summed E-state index contributed by atoms with van der Waals surface area (Å²) in [4.78, 5) is 2.64. The molecule has 19 heavy (non-hydrogen) atoms. The molecule has 0 bridgehead atoms. The first-order valence-electron chi connectivity index (χ1n) is 7.87. The zero-order chi connectivity index (χ0) is 13.1. The van der Waals surface area contributed by atoms with Gasteiger partial charge in [-0.1, -0.05) is 30.7 Å². The van der Waals surface area contributed by atoms with Crippen molar-refractivity contribution in [2.75, 3.05) is 26.2 Å². The Morgan fingerprint density at radius 3 is 2.79 bits per heavy atom. The Labute approximate surface area is 117 Å². The molecular formula is C17H26N2. The lowest BCUT2D eigenvalue weighted by Crippen LogP contribution is -2.44. The van der Waals surface area contributed by atoms with Crippen molar-refractivity contribution < 1.29 is 0 Å². The van der Waals surface area contributed by atoms with Crippen molar-refractivity contribution in [3.63, 3.8) is 0 Å². The van der Waals surface area contributed by atoms with Crippen molar-refractivity contribution in [3.8, 4) is 0 Å². The lowest BCUT2D eigenvalue weighted by atomic mass is 9.77. The molecular weight excluding hydrogens is 232 g/mol. The van der Waals surface area contributed by atoms with E-state index in [1.54, 1.807) is 11.1 Å². The Balaban J connectivity index is 1.39. The van der Waals surface area contributed by atoms with Crippen molar-refractivity contribution in [2.45, 2.75) is 44.6 Å². The van der Waals surface area contributed by atoms with Crippen LogP contribution in [0.4, 0.5) is 0 Å². The molecule has 1 aliphatic heterocycles. The lowest BCUT2D eigenvalue weighted by Gasteiger charge is -2.34. The summed E-state index contributed by atoms with van der Waals surface area (Å²) in [6, 6.07) is 9.57. The minimum absolute atomic E-state index is 0.690. The van der Waals surface area contributed by atoms with Gasteiger partial charge in [0.1, 0.15) is 0 Å². The second-order valence-electron chi connectivity index (χ2n) is 6.20. The smallest absolute Gasteiger partial charge is 0.0192 e. The summed E-state index contributed by atoms with van der Waals surface area (Å²) >= 11 is 0. The van der Waals surface area contributed by atoms with Crippen LogP contribution in [0.3, 0.4) is 0 Å². The summed E-state index contributed by atoms with van der Waals surface area (Å²) in [6.07, 6.45) is 5.47. The molecule has 2 heteroatoms. The molecule has 0 aromatic heterocycles. The number of likely N-dealkylation sites (tertiary alicyclic amines) is 1. The zero-order valence-corrected chi connectivity index (χ0v) is 12.1. The van der Waals surface area contributed by atoms with Gasteiger partial charge in [0, 0.05) is 25.0 Å². The highest BCUT2D eigenvalue weighted by Crippen LogP contribution is 2.33. The van der Waals surface area contributed by atoms with Crippen LogP contribution in [-0.4, -0.2) is 37.1 Å². The van der Waals surface area contributed by atoms with E-state index in [2.05, 4.69) is 41.4 Å². The maximum Gasteiger partial charge on any atom is 0.0192 e. The third-order valence-corrected chi connectivity index (χ3v) is 4.81. The van der Waals surface area contributed by atoms with Crippen LogP contribution in [0.25, 0.3) is 0 Å². The first-order valence-corrected chi connectivity index (χ1v) is 7.87. The Morgan fingerprint density at radius 2 is 2.00 bits per heavy atom. The quantitative estimate of drug-likeness (QED) is 0.873. The summed E-state index contributed by atoms with van der Waals surface area (Å²) in [6.45, 7) is 7.26. The summed E-state index contributed by atoms with van der Waals surface area (Å²) in [7, 11) is 0. The molecule has 1 aromatic carbocycles. The van der Waals surface area contributed by atoms with Crippen molar-refractivity contribution in [3.05, 3.63) is 35.4 Å². The number of nitrogens with zero attached hydrogens (tertiary/aromatic N) is 1. The van der Waals surface area contributed by atoms with Crippen LogP contribution in [0.1, 0.15) is 43.2 Å². The summed E-state index contributed by atoms with van der Waals surface area (Å²) in [5, 5.41) is 3.68. The van der Waals surface area contributed by atoms with Crippen molar-refractivity contribution in [1.82, 2.24) is 10.2 Å². The van der Waals surface area contributed by atoms with E-state index in [0.717, 1.165) is 19.0 Å². The molecule has 1 aliphatic carbocycles. The van der Waals surface area contributed by atoms with Gasteiger partial charge in [0.25, 0.3) is 0 Å². The number of hydrogen-bond acceptors (Lipinski definition) is 2. The second-order valence-corrected chi connectivity index (χ2v) is 6.20. The Morgan fingerprint density at radius 1 is 1.21 bits per heavy atom. The van der Waals surface area contributed by atoms with Gasteiger partial charge in [-0.2, -0.15) is 0 Å². The molecule has 2 aliphatic rings. The summed E-state index contributed by atoms with van der Waals surface area (Å²) < 4.78 is 0. The number of benzene rings is 1. The van der Waals surface area contributed by atoms with Crippen LogP contribution in [0.2, 0.25) is 0 Å². The molecule has 3 rings (SSSR count). The van der Waals surface area contributed by atoms with Crippen molar-refractivity contribution in [1.29, 1.82) is 0 Å². The lowest BCUT2D eigenvalue weighted by molar-refractivity contribution is 0.170. The highest BCUT2D eigenvalue weighted by molar-refractivity contribution is 5.40. The molecule has 0 amide bonds. The molecule has 1 saturated heterocycles. The fourth-order valence-corrected chi connectivity index (χ4v) is 3.50. The second kappa shape index (κ2) is 6.06. The molecule has 1 fully saturated rings. The Kier molecular flexibility index (Phi) is 4.19. The number of fused-ring (bicyclic) bond motifs is 1. The van der Waals surface area contributed by atoms with Gasteiger partial charge in [-0.3, -0.25) is 4.90 Å². The molecule has 1 heterocycles. The molecule has 1 aromatic rings. The number of nitrogens with one attached hydrogen (secondary N) is 1. The molecule has 0 spiro atoms. The molecule has 2 nitrogen and oxygen atoms in total. The van der Waals surface area contributed by atoms with Gasteiger partial charge < -0.3 is 5.32 Å². The van der Waals surface area contributed by atoms with Gasteiger partial charge in [-0.15, -0.1) is 0 Å². The maximum absolute atomic E-state index is 3.68. The van der Waals surface area contributed by atoms with E-state index >= 15 is 0 Å². The van der Waals surface area contributed by atoms with Gasteiger partial charge in [-0.25, -0.2) is 0 Å². The van der Waals surface area contributed by atoms with E-state index in [1.807, 2.05) is 0 Å². The van der Waals surface area contributed by atoms with Crippen LogP contribution in [0.5, 0.6) is 0 Å². The third-order valence-electron chi connectivity index (χ3n) is 4.81. The summed E-state index contributed by atoms with van der Waals surface area (Å²) in [5.41, 5.74) is 3.12. The largest absolute Gasteiger partial charge is 0.315 e. The topological polar surface area (TPSA) is 15.3 Å². The highest BCUT2D eigenvalue weighted by atomic mass is 15.2. The van der Waals surface area contributed by atoms with Crippen LogP contribution >= 0.6 is 0 Å². The van der Waals surface area contributed by atoms with E-state index in [1.165, 1.54) is 38.8 Å². The SMILES string of the molecule is CC(CNCC1Cc2ccccc21)N1CCCCC1. The molecule has 2 unspecified atom stereocenters. The standard InChI is InChI=1S/C17H26N2/c1-14(19-9-5-2-6-10-19)12-18-13-16-11-15-7-3-4-8-17(15)16/h3-4,7-8,14,16,18H,2,5-6,9-13H2,1H3. The van der Waals surface area contributed by atoms with Crippen LogP contribution in [0, 0.1) is 0 Å². The first kappa shape index (κ1) is 13.1. The van der Waals surface area contributed by atoms with E-state index in [4.69, 9.17) is 0 Å². The first-order chi connectivity index (χ1) is 9.34. The van der Waals surface area contributed by atoms with E-state index in [9.17, 15) is 0 Å². The van der Waals surface area contributed by atoms with Gasteiger partial charge in [-0.05, 0) is 50.4 Å². The molecule has 2 atom stereocenters. The molecule has 1 N–H and O–H groups in total. The fourth-order valence-electron chi connectivity index (χ4n) is 3.50. The molecule has 104 valence electrons. The van der Waals surface area contributed by atoms with Gasteiger partial charge in [0.05, 0.1) is 0 Å². The minimum Gasteiger partial charge on any atom is -0.315 e. The van der Waals surface area contributed by atoms with E-state index in [0.29, 0.717) is 6.04 Å². The van der Waals surface area contributed by atoms with Gasteiger partial charge in [0.15, 0.2) is 0 Å². The maximum atomic E-state index is 3.68. The molecule has 0 radical (unpaired) electrons. The van der Waals surface area contributed by atoms with E-state index < -0.39 is 0 Å². The number of hydrogen-bond donors (Lipinski definition) is 1. The monoisotopic (exact) mass is 258 g/mol. The fraction of sp³-hybridized carbons (Fsp3) is 0.647. The van der Waals surface area contributed by atoms with Gasteiger partial charge in [0.2, 0.25) is 0 Å². The summed E-state index contributed by atoms with van der Waals surface area (Å²) in [5.74, 6) is 0.754. The average molecular weight is 258 g/mol. The zero-order valence-electron chi connectivity index (χ0n) is 12.1. The van der Waals surface area contributed by atoms with Crippen molar-refractivity contribution in [2.24, 2.45) is 0 Å². The van der Waals surface area contributed by atoms with Crippen LogP contribution in [0.15, 0.2) is 24.3 Å². The predicted molar refractivity (Wildman–Crippen MR) is 80.6 cm³/mol. The van der Waals surface area contributed by atoms with Gasteiger partial charge >= 0.3 is 0 Å². The third kappa shape index (κ3) is 3.01. The Hall–Kier alpha value is -0.860. The Bertz CT molecular complexity index is 409. The molecule has 0 saturated carbocycles. The minimum atomic E-state index is 0.690. The van der Waals surface area contributed by atoms with Crippen molar-refractivity contribution >= 4 is 0 Å².